The van der Waals surface area contributed by atoms with E-state index in [0.29, 0.717) is 17.2 Å². The summed E-state index contributed by atoms with van der Waals surface area (Å²) in [7, 11) is 0. The van der Waals surface area contributed by atoms with Gasteiger partial charge in [0.25, 0.3) is 5.91 Å². The normalized spacial score (nSPS) is 15.5. The van der Waals surface area contributed by atoms with Gasteiger partial charge in [-0.05, 0) is 74.0 Å². The highest BCUT2D eigenvalue weighted by molar-refractivity contribution is 8.00. The number of rotatable bonds is 7. The van der Waals surface area contributed by atoms with Crippen LogP contribution in [0.5, 0.6) is 0 Å². The number of carbonyl (C=O) groups is 2. The Hall–Kier alpha value is -3.60. The highest BCUT2D eigenvalue weighted by Gasteiger charge is 2.52. The lowest BCUT2D eigenvalue weighted by Crippen LogP contribution is -2.43. The number of amides is 3. The smallest absolute Gasteiger partial charge is 0.325 e. The summed E-state index contributed by atoms with van der Waals surface area (Å²) in [6.45, 7) is 5.22. The SMILES string of the molecule is CCc1cccc(Nc2cc(CN3C(=O)N(c4ccccc4SC(F)(F)F)C(=O)C3(C)C)ccn2)n1. The minimum Gasteiger partial charge on any atom is -0.325 e. The van der Waals surface area contributed by atoms with Crippen molar-refractivity contribution in [1.29, 1.82) is 0 Å². The molecule has 188 valence electrons. The first-order chi connectivity index (χ1) is 17.0. The number of alkyl halides is 3. The topological polar surface area (TPSA) is 78.4 Å². The number of nitrogens with zero attached hydrogens (tertiary/aromatic N) is 4. The molecule has 0 unspecified atom stereocenters. The van der Waals surface area contributed by atoms with Gasteiger partial charge in [0.05, 0.1) is 5.69 Å². The predicted molar refractivity (Wildman–Crippen MR) is 132 cm³/mol. The van der Waals surface area contributed by atoms with Crippen molar-refractivity contribution >= 4 is 41.0 Å². The Labute approximate surface area is 210 Å². The molecule has 7 nitrogen and oxygen atoms in total. The number of aryl methyl sites for hydroxylation is 1. The summed E-state index contributed by atoms with van der Waals surface area (Å²) < 4.78 is 39.3. The van der Waals surface area contributed by atoms with E-state index in [4.69, 9.17) is 0 Å². The maximum Gasteiger partial charge on any atom is 0.446 e. The molecule has 0 atom stereocenters. The molecule has 0 bridgehead atoms. The third kappa shape index (κ3) is 5.30. The molecule has 1 fully saturated rings. The first kappa shape index (κ1) is 25.5. The molecule has 36 heavy (non-hydrogen) atoms. The third-order valence-corrected chi connectivity index (χ3v) is 6.54. The highest BCUT2D eigenvalue weighted by Crippen LogP contribution is 2.44. The van der Waals surface area contributed by atoms with Crippen molar-refractivity contribution in [2.75, 3.05) is 10.2 Å². The Bertz CT molecular complexity index is 1300. The van der Waals surface area contributed by atoms with Gasteiger partial charge in [-0.25, -0.2) is 19.7 Å². The third-order valence-electron chi connectivity index (χ3n) is 5.75. The molecule has 2 aromatic heterocycles. The standard InChI is InChI=1S/C25H24F3N5O2S/c1-4-17-8-7-11-20(30-17)31-21-14-16(12-13-29-21)15-32-23(35)33(22(34)24(32,2)3)18-9-5-6-10-19(18)36-25(26,27)28/h5-14H,4,15H2,1-3H3,(H,29,30,31). The molecule has 1 aliphatic heterocycles. The number of para-hydroxylation sites is 1. The summed E-state index contributed by atoms with van der Waals surface area (Å²) in [6, 6.07) is 13.9. The summed E-state index contributed by atoms with van der Waals surface area (Å²) in [5.74, 6) is 0.528. The van der Waals surface area contributed by atoms with Crippen LogP contribution in [0, 0.1) is 0 Å². The fourth-order valence-corrected chi connectivity index (χ4v) is 4.53. The Morgan fingerprint density at radius 1 is 1.03 bits per heavy atom. The van der Waals surface area contributed by atoms with Gasteiger partial charge in [-0.1, -0.05) is 25.1 Å². The molecule has 0 aliphatic carbocycles. The molecule has 1 N–H and O–H groups in total. The number of benzene rings is 1. The lowest BCUT2D eigenvalue weighted by molar-refractivity contribution is -0.123. The second-order valence-corrected chi connectivity index (χ2v) is 9.73. The summed E-state index contributed by atoms with van der Waals surface area (Å²) in [4.78, 5) is 37.4. The second kappa shape index (κ2) is 9.81. The van der Waals surface area contributed by atoms with E-state index in [2.05, 4.69) is 15.3 Å². The van der Waals surface area contributed by atoms with Crippen LogP contribution in [0.4, 0.5) is 35.3 Å². The van der Waals surface area contributed by atoms with Crippen LogP contribution in [0.25, 0.3) is 0 Å². The van der Waals surface area contributed by atoms with Crippen LogP contribution in [-0.4, -0.2) is 37.9 Å². The first-order valence-corrected chi connectivity index (χ1v) is 12.0. The maximum atomic E-state index is 13.4. The molecule has 3 aromatic rings. The fourth-order valence-electron chi connectivity index (χ4n) is 3.87. The molecule has 1 saturated heterocycles. The minimum atomic E-state index is -4.57. The van der Waals surface area contributed by atoms with Crippen LogP contribution in [0.3, 0.4) is 0 Å². The van der Waals surface area contributed by atoms with E-state index < -0.39 is 23.0 Å². The van der Waals surface area contributed by atoms with Crippen LogP contribution in [0.15, 0.2) is 65.7 Å². The molecule has 4 rings (SSSR count). The van der Waals surface area contributed by atoms with Crippen LogP contribution >= 0.6 is 11.8 Å². The average Bonchev–Trinajstić information content (AvgIpc) is 2.98. The lowest BCUT2D eigenvalue weighted by atomic mass is 10.0. The number of pyridine rings is 2. The minimum absolute atomic E-state index is 0.0578. The average molecular weight is 516 g/mol. The summed E-state index contributed by atoms with van der Waals surface area (Å²) in [6.07, 6.45) is 2.36. The van der Waals surface area contributed by atoms with Crippen molar-refractivity contribution in [3.63, 3.8) is 0 Å². The molecular formula is C25H24F3N5O2S. The zero-order valence-corrected chi connectivity index (χ0v) is 20.7. The van der Waals surface area contributed by atoms with Crippen LogP contribution in [0.2, 0.25) is 0 Å². The Balaban J connectivity index is 1.59. The van der Waals surface area contributed by atoms with Crippen LogP contribution in [0.1, 0.15) is 32.0 Å². The van der Waals surface area contributed by atoms with E-state index in [-0.39, 0.29) is 28.9 Å². The fraction of sp³-hybridized carbons (Fsp3) is 0.280. The maximum absolute atomic E-state index is 13.4. The zero-order chi connectivity index (χ0) is 26.1. The number of urea groups is 1. The number of hydrogen-bond acceptors (Lipinski definition) is 6. The van der Waals surface area contributed by atoms with E-state index in [1.807, 2.05) is 25.1 Å². The van der Waals surface area contributed by atoms with Gasteiger partial charge in [-0.2, -0.15) is 13.2 Å². The number of halogens is 3. The number of imide groups is 1. The molecule has 3 heterocycles. The molecule has 0 radical (unpaired) electrons. The van der Waals surface area contributed by atoms with Gasteiger partial charge in [0.15, 0.2) is 0 Å². The molecular weight excluding hydrogens is 491 g/mol. The molecule has 0 saturated carbocycles. The van der Waals surface area contributed by atoms with Gasteiger partial charge in [-0.3, -0.25) is 4.79 Å². The van der Waals surface area contributed by atoms with Crippen molar-refractivity contribution in [1.82, 2.24) is 14.9 Å². The van der Waals surface area contributed by atoms with Crippen LogP contribution in [-0.2, 0) is 17.8 Å². The van der Waals surface area contributed by atoms with E-state index in [0.717, 1.165) is 17.0 Å². The second-order valence-electron chi connectivity index (χ2n) is 8.63. The van der Waals surface area contributed by atoms with Crippen molar-refractivity contribution in [3.05, 3.63) is 72.1 Å². The molecule has 11 heteroatoms. The van der Waals surface area contributed by atoms with Crippen molar-refractivity contribution < 1.29 is 22.8 Å². The van der Waals surface area contributed by atoms with E-state index in [9.17, 15) is 22.8 Å². The largest absolute Gasteiger partial charge is 0.446 e. The Morgan fingerprint density at radius 3 is 2.50 bits per heavy atom. The van der Waals surface area contributed by atoms with Crippen molar-refractivity contribution in [2.45, 2.75) is 49.7 Å². The van der Waals surface area contributed by atoms with Gasteiger partial charge in [0.1, 0.15) is 17.2 Å². The number of hydrogen-bond donors (Lipinski definition) is 1. The number of anilines is 3. The van der Waals surface area contributed by atoms with Gasteiger partial charge < -0.3 is 10.2 Å². The zero-order valence-electron chi connectivity index (χ0n) is 19.8. The monoisotopic (exact) mass is 515 g/mol. The lowest BCUT2D eigenvalue weighted by Gasteiger charge is -2.27. The quantitative estimate of drug-likeness (QED) is 0.301. The van der Waals surface area contributed by atoms with Gasteiger partial charge in [0, 0.05) is 23.3 Å². The van der Waals surface area contributed by atoms with Crippen molar-refractivity contribution in [2.24, 2.45) is 0 Å². The van der Waals surface area contributed by atoms with Gasteiger partial charge in [0.2, 0.25) is 0 Å². The first-order valence-electron chi connectivity index (χ1n) is 11.2. The summed E-state index contributed by atoms with van der Waals surface area (Å²) in [5.41, 5.74) is -4.33. The number of nitrogens with one attached hydrogen (secondary N) is 1. The van der Waals surface area contributed by atoms with Gasteiger partial charge in [-0.15, -0.1) is 0 Å². The van der Waals surface area contributed by atoms with E-state index >= 15 is 0 Å². The number of aromatic nitrogens is 2. The number of thioether (sulfide) groups is 1. The van der Waals surface area contributed by atoms with Crippen molar-refractivity contribution in [3.8, 4) is 0 Å². The summed E-state index contributed by atoms with van der Waals surface area (Å²) >= 11 is -0.358. The predicted octanol–water partition coefficient (Wildman–Crippen LogP) is 6.14. The Kier molecular flexibility index (Phi) is 6.94. The Morgan fingerprint density at radius 2 is 1.78 bits per heavy atom. The summed E-state index contributed by atoms with van der Waals surface area (Å²) in [5, 5.41) is 3.14. The van der Waals surface area contributed by atoms with Crippen LogP contribution < -0.4 is 10.2 Å². The highest BCUT2D eigenvalue weighted by atomic mass is 32.2. The van der Waals surface area contributed by atoms with E-state index in [1.165, 1.54) is 29.2 Å². The molecule has 3 amide bonds. The van der Waals surface area contributed by atoms with Gasteiger partial charge >= 0.3 is 11.5 Å². The molecule has 1 aromatic carbocycles. The number of carbonyl (C=O) groups excluding carboxylic acids is 2. The molecule has 1 aliphatic rings. The van der Waals surface area contributed by atoms with E-state index in [1.54, 1.807) is 32.2 Å². The molecule has 0 spiro atoms.